The molecule has 5 heteroatoms. The van der Waals surface area contributed by atoms with Crippen molar-refractivity contribution in [1.29, 1.82) is 0 Å². The van der Waals surface area contributed by atoms with Crippen molar-refractivity contribution in [2.75, 3.05) is 13.7 Å². The summed E-state index contributed by atoms with van der Waals surface area (Å²) in [6, 6.07) is 12.4. The van der Waals surface area contributed by atoms with Crippen LogP contribution in [0.3, 0.4) is 0 Å². The zero-order valence-electron chi connectivity index (χ0n) is 11.8. The van der Waals surface area contributed by atoms with E-state index in [0.717, 1.165) is 11.1 Å². The van der Waals surface area contributed by atoms with Crippen molar-refractivity contribution >= 4 is 11.6 Å². The van der Waals surface area contributed by atoms with Crippen LogP contribution in [-0.2, 0) is 6.61 Å². The molecule has 2 aromatic carbocycles. The molecule has 0 aromatic heterocycles. The van der Waals surface area contributed by atoms with Crippen molar-refractivity contribution in [3.8, 4) is 11.5 Å². The molecular weight excluding hydrogens is 290 g/mol. The summed E-state index contributed by atoms with van der Waals surface area (Å²) in [6.07, 6.45) is 0. The van der Waals surface area contributed by atoms with Crippen molar-refractivity contribution in [3.05, 3.63) is 58.6 Å². The van der Waals surface area contributed by atoms with Crippen LogP contribution in [0.5, 0.6) is 11.5 Å². The van der Waals surface area contributed by atoms with E-state index in [-0.39, 0.29) is 6.61 Å². The predicted molar refractivity (Wildman–Crippen MR) is 82.8 cm³/mol. The quantitative estimate of drug-likeness (QED) is 0.861. The lowest BCUT2D eigenvalue weighted by Gasteiger charge is -2.15. The molecule has 0 aliphatic heterocycles. The summed E-state index contributed by atoms with van der Waals surface area (Å²) < 4.78 is 11.1. The molecule has 0 heterocycles. The second kappa shape index (κ2) is 7.31. The Balaban J connectivity index is 2.15. The van der Waals surface area contributed by atoms with Crippen LogP contribution in [0.4, 0.5) is 0 Å². The Bertz CT molecular complexity index is 604. The van der Waals surface area contributed by atoms with Crippen LogP contribution in [0, 0.1) is 0 Å². The van der Waals surface area contributed by atoms with Gasteiger partial charge in [-0.3, -0.25) is 0 Å². The van der Waals surface area contributed by atoms with Crippen molar-refractivity contribution in [1.82, 2.24) is 0 Å². The van der Waals surface area contributed by atoms with Crippen LogP contribution in [0.25, 0.3) is 0 Å². The predicted octanol–water partition coefficient (Wildman–Crippen LogP) is 2.92. The maximum Gasteiger partial charge on any atom is 0.161 e. The molecule has 2 rings (SSSR count). The molecule has 0 aliphatic carbocycles. The third kappa shape index (κ3) is 3.88. The number of hydrogen-bond donors (Lipinski definition) is 2. The lowest BCUT2D eigenvalue weighted by molar-refractivity contribution is 0.266. The number of aliphatic hydroxyl groups excluding tert-OH is 1. The van der Waals surface area contributed by atoms with Crippen LogP contribution < -0.4 is 15.2 Å². The van der Waals surface area contributed by atoms with Crippen LogP contribution in [0.15, 0.2) is 42.5 Å². The fourth-order valence-electron chi connectivity index (χ4n) is 1.91. The van der Waals surface area contributed by atoms with Gasteiger partial charge in [0.2, 0.25) is 0 Å². The Labute approximate surface area is 129 Å². The third-order valence-electron chi connectivity index (χ3n) is 3.15. The number of rotatable bonds is 6. The Morgan fingerprint density at radius 1 is 1.19 bits per heavy atom. The maximum absolute atomic E-state index is 9.09. The number of nitrogens with two attached hydrogens (primary N) is 1. The van der Waals surface area contributed by atoms with E-state index in [4.69, 9.17) is 31.9 Å². The molecule has 0 fully saturated rings. The number of halogens is 1. The van der Waals surface area contributed by atoms with E-state index >= 15 is 0 Å². The van der Waals surface area contributed by atoms with Crippen molar-refractivity contribution < 1.29 is 14.6 Å². The molecule has 0 amide bonds. The fourth-order valence-corrected chi connectivity index (χ4v) is 2.10. The summed E-state index contributed by atoms with van der Waals surface area (Å²) in [5.41, 5.74) is 7.48. The average Bonchev–Trinajstić information content (AvgIpc) is 2.53. The van der Waals surface area contributed by atoms with E-state index in [9.17, 15) is 0 Å². The van der Waals surface area contributed by atoms with Crippen LogP contribution in [0.2, 0.25) is 5.02 Å². The van der Waals surface area contributed by atoms with Gasteiger partial charge in [-0.15, -0.1) is 0 Å². The standard InChI is InChI=1S/C16H18ClNO3/c1-20-16-8-11(14(18)9-19)6-7-15(16)21-10-12-4-2-3-5-13(12)17/h2-8,14,19H,9-10,18H2,1H3/t14-/m1/s1. The van der Waals surface area contributed by atoms with E-state index in [0.29, 0.717) is 23.1 Å². The number of aliphatic hydroxyl groups is 1. The van der Waals surface area contributed by atoms with Gasteiger partial charge in [0.05, 0.1) is 19.8 Å². The number of methoxy groups -OCH3 is 1. The zero-order chi connectivity index (χ0) is 15.2. The van der Waals surface area contributed by atoms with Gasteiger partial charge in [-0.25, -0.2) is 0 Å². The van der Waals surface area contributed by atoms with Crippen molar-refractivity contribution in [2.45, 2.75) is 12.6 Å². The van der Waals surface area contributed by atoms with Gasteiger partial charge in [0.15, 0.2) is 11.5 Å². The van der Waals surface area contributed by atoms with Gasteiger partial charge in [0.25, 0.3) is 0 Å². The highest BCUT2D eigenvalue weighted by Crippen LogP contribution is 2.31. The minimum Gasteiger partial charge on any atom is -0.493 e. The van der Waals surface area contributed by atoms with Gasteiger partial charge >= 0.3 is 0 Å². The summed E-state index contributed by atoms with van der Waals surface area (Å²) in [4.78, 5) is 0. The number of ether oxygens (including phenoxy) is 2. The van der Waals surface area contributed by atoms with Gasteiger partial charge in [0.1, 0.15) is 6.61 Å². The van der Waals surface area contributed by atoms with Gasteiger partial charge in [-0.1, -0.05) is 35.9 Å². The first kappa shape index (κ1) is 15.6. The molecule has 21 heavy (non-hydrogen) atoms. The summed E-state index contributed by atoms with van der Waals surface area (Å²) in [5.74, 6) is 1.18. The fraction of sp³-hybridized carbons (Fsp3) is 0.250. The normalized spacial score (nSPS) is 12.0. The van der Waals surface area contributed by atoms with E-state index in [1.54, 1.807) is 19.2 Å². The lowest BCUT2D eigenvalue weighted by atomic mass is 10.1. The highest BCUT2D eigenvalue weighted by atomic mass is 35.5. The monoisotopic (exact) mass is 307 g/mol. The molecule has 4 nitrogen and oxygen atoms in total. The second-order valence-corrected chi connectivity index (χ2v) is 4.99. The molecule has 1 atom stereocenters. The first-order valence-electron chi connectivity index (χ1n) is 6.56. The first-order chi connectivity index (χ1) is 10.2. The Hall–Kier alpha value is -1.75. The largest absolute Gasteiger partial charge is 0.493 e. The molecule has 0 saturated carbocycles. The molecule has 3 N–H and O–H groups in total. The Kier molecular flexibility index (Phi) is 5.44. The van der Waals surface area contributed by atoms with Gasteiger partial charge in [-0.2, -0.15) is 0 Å². The molecule has 0 radical (unpaired) electrons. The molecule has 2 aromatic rings. The van der Waals surface area contributed by atoms with Gasteiger partial charge < -0.3 is 20.3 Å². The molecule has 112 valence electrons. The van der Waals surface area contributed by atoms with Crippen molar-refractivity contribution in [2.24, 2.45) is 5.73 Å². The minimum atomic E-state index is -0.434. The van der Waals surface area contributed by atoms with Gasteiger partial charge in [-0.05, 0) is 23.8 Å². The van der Waals surface area contributed by atoms with E-state index in [1.807, 2.05) is 30.3 Å². The smallest absolute Gasteiger partial charge is 0.161 e. The van der Waals surface area contributed by atoms with Gasteiger partial charge in [0, 0.05) is 10.6 Å². The molecule has 0 aliphatic rings. The third-order valence-corrected chi connectivity index (χ3v) is 3.52. The van der Waals surface area contributed by atoms with E-state index < -0.39 is 6.04 Å². The summed E-state index contributed by atoms with van der Waals surface area (Å²) in [5, 5.41) is 9.75. The number of benzene rings is 2. The number of hydrogen-bond acceptors (Lipinski definition) is 4. The Morgan fingerprint density at radius 3 is 2.62 bits per heavy atom. The maximum atomic E-state index is 9.09. The van der Waals surface area contributed by atoms with E-state index in [2.05, 4.69) is 0 Å². The molecule has 0 unspecified atom stereocenters. The second-order valence-electron chi connectivity index (χ2n) is 4.58. The minimum absolute atomic E-state index is 0.122. The topological polar surface area (TPSA) is 64.7 Å². The molecular formula is C16H18ClNO3. The summed E-state index contributed by atoms with van der Waals surface area (Å²) in [7, 11) is 1.56. The average molecular weight is 308 g/mol. The highest BCUT2D eigenvalue weighted by molar-refractivity contribution is 6.31. The molecule has 0 saturated heterocycles. The summed E-state index contributed by atoms with van der Waals surface area (Å²) >= 11 is 6.09. The highest BCUT2D eigenvalue weighted by Gasteiger charge is 2.11. The summed E-state index contributed by atoms with van der Waals surface area (Å²) in [6.45, 7) is 0.227. The van der Waals surface area contributed by atoms with E-state index in [1.165, 1.54) is 0 Å². The molecule has 0 bridgehead atoms. The Morgan fingerprint density at radius 2 is 1.95 bits per heavy atom. The lowest BCUT2D eigenvalue weighted by Crippen LogP contribution is -2.14. The first-order valence-corrected chi connectivity index (χ1v) is 6.94. The molecule has 0 spiro atoms. The SMILES string of the molecule is COc1cc([C@H](N)CO)ccc1OCc1ccccc1Cl. The van der Waals surface area contributed by atoms with Crippen LogP contribution >= 0.6 is 11.6 Å². The zero-order valence-corrected chi connectivity index (χ0v) is 12.5. The van der Waals surface area contributed by atoms with Crippen molar-refractivity contribution in [3.63, 3.8) is 0 Å². The van der Waals surface area contributed by atoms with Crippen LogP contribution in [0.1, 0.15) is 17.2 Å². The van der Waals surface area contributed by atoms with Crippen LogP contribution in [-0.4, -0.2) is 18.8 Å².